The molecule has 0 aliphatic carbocycles. The lowest BCUT2D eigenvalue weighted by Crippen LogP contribution is -2.17. The summed E-state index contributed by atoms with van der Waals surface area (Å²) < 4.78 is 0. The Morgan fingerprint density at radius 1 is 1.69 bits per heavy atom. The highest BCUT2D eigenvalue weighted by molar-refractivity contribution is 5.32. The molecule has 0 saturated carbocycles. The Balaban J connectivity index is 3.07. The SMILES string of the molecule is CNC(O)c1ncc(C#N)cc1C. The molecule has 0 amide bonds. The van der Waals surface area contributed by atoms with E-state index in [1.807, 2.05) is 13.0 Å². The second-order valence-corrected chi connectivity index (χ2v) is 2.73. The molecule has 4 heteroatoms. The summed E-state index contributed by atoms with van der Waals surface area (Å²) in [7, 11) is 1.64. The van der Waals surface area contributed by atoms with Crippen LogP contribution in [0.25, 0.3) is 0 Å². The van der Waals surface area contributed by atoms with Crippen LogP contribution in [0.5, 0.6) is 0 Å². The van der Waals surface area contributed by atoms with Crippen LogP contribution in [0.15, 0.2) is 12.3 Å². The second-order valence-electron chi connectivity index (χ2n) is 2.73. The lowest BCUT2D eigenvalue weighted by atomic mass is 10.1. The Kier molecular flexibility index (Phi) is 2.96. The lowest BCUT2D eigenvalue weighted by Gasteiger charge is -2.10. The summed E-state index contributed by atoms with van der Waals surface area (Å²) in [5.41, 5.74) is 1.87. The van der Waals surface area contributed by atoms with Crippen LogP contribution in [0, 0.1) is 18.3 Å². The molecular weight excluding hydrogens is 166 g/mol. The average molecular weight is 177 g/mol. The zero-order chi connectivity index (χ0) is 9.84. The number of nitriles is 1. The number of nitrogens with zero attached hydrogens (tertiary/aromatic N) is 2. The van der Waals surface area contributed by atoms with Crippen molar-refractivity contribution in [2.24, 2.45) is 0 Å². The first kappa shape index (κ1) is 9.65. The van der Waals surface area contributed by atoms with Crippen molar-refractivity contribution in [1.29, 1.82) is 5.26 Å². The smallest absolute Gasteiger partial charge is 0.148 e. The predicted octanol–water partition coefficient (Wildman–Crippen LogP) is 0.472. The molecule has 0 aliphatic rings. The van der Waals surface area contributed by atoms with Crippen molar-refractivity contribution in [3.8, 4) is 6.07 Å². The maximum atomic E-state index is 9.42. The van der Waals surface area contributed by atoms with Crippen LogP contribution in [-0.2, 0) is 0 Å². The van der Waals surface area contributed by atoms with E-state index in [4.69, 9.17) is 5.26 Å². The van der Waals surface area contributed by atoms with Gasteiger partial charge >= 0.3 is 0 Å². The summed E-state index contributed by atoms with van der Waals surface area (Å²) >= 11 is 0. The molecule has 0 aromatic carbocycles. The van der Waals surface area contributed by atoms with E-state index >= 15 is 0 Å². The van der Waals surface area contributed by atoms with Crippen LogP contribution in [0.1, 0.15) is 23.0 Å². The van der Waals surface area contributed by atoms with Gasteiger partial charge in [0.25, 0.3) is 0 Å². The number of rotatable bonds is 2. The molecule has 2 N–H and O–H groups in total. The van der Waals surface area contributed by atoms with Gasteiger partial charge in [-0.25, -0.2) is 0 Å². The number of aromatic nitrogens is 1. The van der Waals surface area contributed by atoms with Crippen LogP contribution in [-0.4, -0.2) is 17.1 Å². The van der Waals surface area contributed by atoms with Gasteiger partial charge in [0.15, 0.2) is 0 Å². The zero-order valence-electron chi connectivity index (χ0n) is 7.57. The van der Waals surface area contributed by atoms with Gasteiger partial charge in [-0.15, -0.1) is 0 Å². The maximum Gasteiger partial charge on any atom is 0.148 e. The maximum absolute atomic E-state index is 9.42. The van der Waals surface area contributed by atoms with Gasteiger partial charge in [0.2, 0.25) is 0 Å². The molecule has 13 heavy (non-hydrogen) atoms. The van der Waals surface area contributed by atoms with Crippen molar-refractivity contribution in [2.45, 2.75) is 13.2 Å². The number of aliphatic hydroxyl groups excluding tert-OH is 1. The number of aryl methyl sites for hydroxylation is 1. The molecule has 68 valence electrons. The van der Waals surface area contributed by atoms with E-state index in [0.717, 1.165) is 5.56 Å². The van der Waals surface area contributed by atoms with Gasteiger partial charge in [-0.3, -0.25) is 10.3 Å². The first-order valence-corrected chi connectivity index (χ1v) is 3.91. The molecule has 0 fully saturated rings. The highest BCUT2D eigenvalue weighted by Crippen LogP contribution is 2.12. The molecule has 0 radical (unpaired) electrons. The van der Waals surface area contributed by atoms with Gasteiger partial charge in [0.1, 0.15) is 12.3 Å². The van der Waals surface area contributed by atoms with Gasteiger partial charge in [0.05, 0.1) is 11.3 Å². The van der Waals surface area contributed by atoms with Gasteiger partial charge in [0, 0.05) is 6.20 Å². The monoisotopic (exact) mass is 177 g/mol. The third-order valence-corrected chi connectivity index (χ3v) is 1.78. The fourth-order valence-corrected chi connectivity index (χ4v) is 1.07. The molecular formula is C9H11N3O. The highest BCUT2D eigenvalue weighted by atomic mass is 16.3. The van der Waals surface area contributed by atoms with Gasteiger partial charge in [-0.05, 0) is 25.6 Å². The van der Waals surface area contributed by atoms with Crippen molar-refractivity contribution >= 4 is 0 Å². The van der Waals surface area contributed by atoms with Crippen molar-refractivity contribution in [2.75, 3.05) is 7.05 Å². The van der Waals surface area contributed by atoms with E-state index in [0.29, 0.717) is 11.3 Å². The number of hydrogen-bond donors (Lipinski definition) is 2. The minimum absolute atomic E-state index is 0.504. The molecule has 1 rings (SSSR count). The average Bonchev–Trinajstić information content (AvgIpc) is 2.16. The van der Waals surface area contributed by atoms with E-state index in [1.165, 1.54) is 6.20 Å². The summed E-state index contributed by atoms with van der Waals surface area (Å²) in [6.07, 6.45) is 0.677. The molecule has 1 aromatic heterocycles. The number of aliphatic hydroxyl groups is 1. The van der Waals surface area contributed by atoms with Crippen LogP contribution in [0.2, 0.25) is 0 Å². The molecule has 1 unspecified atom stereocenters. The largest absolute Gasteiger partial charge is 0.373 e. The Morgan fingerprint density at radius 2 is 2.38 bits per heavy atom. The van der Waals surface area contributed by atoms with Crippen LogP contribution in [0.4, 0.5) is 0 Å². The fourth-order valence-electron chi connectivity index (χ4n) is 1.07. The van der Waals surface area contributed by atoms with Crippen molar-refractivity contribution in [1.82, 2.24) is 10.3 Å². The third kappa shape index (κ3) is 2.02. The highest BCUT2D eigenvalue weighted by Gasteiger charge is 2.09. The minimum atomic E-state index is -0.771. The second kappa shape index (κ2) is 3.99. The molecule has 1 heterocycles. The fraction of sp³-hybridized carbons (Fsp3) is 0.333. The zero-order valence-corrected chi connectivity index (χ0v) is 7.57. The number of hydrogen-bond acceptors (Lipinski definition) is 4. The first-order valence-electron chi connectivity index (χ1n) is 3.91. The molecule has 1 aromatic rings. The van der Waals surface area contributed by atoms with Crippen molar-refractivity contribution in [3.63, 3.8) is 0 Å². The van der Waals surface area contributed by atoms with Crippen LogP contribution < -0.4 is 5.32 Å². The normalized spacial score (nSPS) is 12.2. The molecule has 0 spiro atoms. The van der Waals surface area contributed by atoms with E-state index in [1.54, 1.807) is 13.1 Å². The summed E-state index contributed by atoms with van der Waals surface area (Å²) in [5.74, 6) is 0. The Labute approximate surface area is 76.8 Å². The van der Waals surface area contributed by atoms with Crippen LogP contribution in [0.3, 0.4) is 0 Å². The number of pyridine rings is 1. The molecule has 1 atom stereocenters. The van der Waals surface area contributed by atoms with E-state index < -0.39 is 6.23 Å². The summed E-state index contributed by atoms with van der Waals surface area (Å²) in [4.78, 5) is 3.98. The summed E-state index contributed by atoms with van der Waals surface area (Å²) in [6.45, 7) is 1.81. The topological polar surface area (TPSA) is 68.9 Å². The van der Waals surface area contributed by atoms with Gasteiger partial charge < -0.3 is 5.11 Å². The number of nitrogens with one attached hydrogen (secondary N) is 1. The molecule has 0 bridgehead atoms. The Hall–Kier alpha value is -1.44. The van der Waals surface area contributed by atoms with Gasteiger partial charge in [-0.2, -0.15) is 5.26 Å². The molecule has 0 aliphatic heterocycles. The third-order valence-electron chi connectivity index (χ3n) is 1.78. The predicted molar refractivity (Wildman–Crippen MR) is 47.7 cm³/mol. The van der Waals surface area contributed by atoms with Crippen molar-refractivity contribution < 1.29 is 5.11 Å². The van der Waals surface area contributed by atoms with E-state index in [-0.39, 0.29) is 0 Å². The standard InChI is InChI=1S/C9H11N3O/c1-6-3-7(4-10)5-12-8(6)9(13)11-2/h3,5,9,11,13H,1-2H3. The van der Waals surface area contributed by atoms with Gasteiger partial charge in [-0.1, -0.05) is 0 Å². The summed E-state index contributed by atoms with van der Waals surface area (Å²) in [5, 5.41) is 20.7. The minimum Gasteiger partial charge on any atom is -0.373 e. The molecule has 4 nitrogen and oxygen atoms in total. The van der Waals surface area contributed by atoms with E-state index in [9.17, 15) is 5.11 Å². The van der Waals surface area contributed by atoms with Crippen molar-refractivity contribution in [3.05, 3.63) is 29.1 Å². The Bertz CT molecular complexity index is 343. The summed E-state index contributed by atoms with van der Waals surface area (Å²) in [6, 6.07) is 3.68. The first-order chi connectivity index (χ1) is 6.19. The lowest BCUT2D eigenvalue weighted by molar-refractivity contribution is 0.144. The van der Waals surface area contributed by atoms with E-state index in [2.05, 4.69) is 10.3 Å². The van der Waals surface area contributed by atoms with Crippen LogP contribution >= 0.6 is 0 Å². The quantitative estimate of drug-likeness (QED) is 0.644. The Morgan fingerprint density at radius 3 is 2.85 bits per heavy atom. The molecule has 0 saturated heterocycles.